The van der Waals surface area contributed by atoms with E-state index in [1.54, 1.807) is 6.92 Å². The number of halogens is 3. The van der Waals surface area contributed by atoms with Crippen molar-refractivity contribution in [1.29, 1.82) is 0 Å². The predicted octanol–water partition coefficient (Wildman–Crippen LogP) is 6.43. The van der Waals surface area contributed by atoms with Crippen LogP contribution in [0.1, 0.15) is 50.2 Å². The van der Waals surface area contributed by atoms with Gasteiger partial charge in [-0.1, -0.05) is 56.2 Å². The second-order valence-corrected chi connectivity index (χ2v) is 6.51. The lowest BCUT2D eigenvalue weighted by atomic mass is 10.00. The lowest BCUT2D eigenvalue weighted by molar-refractivity contribution is -0.143. The van der Waals surface area contributed by atoms with Crippen LogP contribution < -0.4 is 0 Å². The Bertz CT molecular complexity index is 704. The van der Waals surface area contributed by atoms with E-state index in [0.29, 0.717) is 13.0 Å². The summed E-state index contributed by atoms with van der Waals surface area (Å²) < 4.78 is 42.9. The lowest BCUT2D eigenvalue weighted by Crippen LogP contribution is -2.03. The van der Waals surface area contributed by atoms with Crippen LogP contribution in [0.2, 0.25) is 0 Å². The molecule has 0 amide bonds. The molecule has 5 heteroatoms. The van der Waals surface area contributed by atoms with Gasteiger partial charge in [0.25, 0.3) is 0 Å². The fraction of sp³-hybridized carbons (Fsp3) is 0.409. The first kappa shape index (κ1) is 21.0. The Labute approximate surface area is 158 Å². The zero-order valence-corrected chi connectivity index (χ0v) is 15.5. The molecule has 0 aliphatic rings. The molecule has 0 unspecified atom stereocenters. The molecule has 0 N–H and O–H groups in total. The van der Waals surface area contributed by atoms with Crippen molar-refractivity contribution in [3.8, 4) is 11.1 Å². The van der Waals surface area contributed by atoms with Gasteiger partial charge in [-0.05, 0) is 48.1 Å². The number of alkyl halides is 3. The minimum absolute atomic E-state index is 0.150. The highest BCUT2D eigenvalue weighted by Crippen LogP contribution is 2.31. The molecule has 0 heterocycles. The van der Waals surface area contributed by atoms with Crippen LogP contribution in [0.5, 0.6) is 0 Å². The van der Waals surface area contributed by atoms with Crippen LogP contribution in [0.15, 0.2) is 48.5 Å². The molecule has 0 radical (unpaired) electrons. The van der Waals surface area contributed by atoms with Gasteiger partial charge >= 0.3 is 12.1 Å². The SMILES string of the molecule is CCC(=O)OCCCCCCc1ccc(-c2ccc(C(F)(F)F)cc2)cc1. The highest BCUT2D eigenvalue weighted by molar-refractivity contribution is 5.68. The van der Waals surface area contributed by atoms with Gasteiger partial charge in [-0.15, -0.1) is 0 Å². The molecule has 2 aromatic carbocycles. The number of carbonyl (C=O) groups is 1. The average Bonchev–Trinajstić information content (AvgIpc) is 2.67. The topological polar surface area (TPSA) is 26.3 Å². The predicted molar refractivity (Wildman–Crippen MR) is 100 cm³/mol. The Morgan fingerprint density at radius 1 is 0.852 bits per heavy atom. The quantitative estimate of drug-likeness (QED) is 0.371. The van der Waals surface area contributed by atoms with Gasteiger partial charge in [0, 0.05) is 6.42 Å². The Hall–Kier alpha value is -2.30. The maximum atomic E-state index is 12.6. The summed E-state index contributed by atoms with van der Waals surface area (Å²) in [4.78, 5) is 11.0. The van der Waals surface area contributed by atoms with Crippen molar-refractivity contribution in [3.63, 3.8) is 0 Å². The summed E-state index contributed by atoms with van der Waals surface area (Å²) >= 11 is 0. The third kappa shape index (κ3) is 7.08. The van der Waals surface area contributed by atoms with E-state index in [1.807, 2.05) is 24.3 Å². The van der Waals surface area contributed by atoms with E-state index in [0.717, 1.165) is 55.4 Å². The highest BCUT2D eigenvalue weighted by Gasteiger charge is 2.29. The average molecular weight is 378 g/mol. The second-order valence-electron chi connectivity index (χ2n) is 6.51. The Morgan fingerprint density at radius 2 is 1.41 bits per heavy atom. The van der Waals surface area contributed by atoms with E-state index in [1.165, 1.54) is 17.7 Å². The van der Waals surface area contributed by atoms with Crippen molar-refractivity contribution in [2.45, 2.75) is 51.6 Å². The van der Waals surface area contributed by atoms with Crippen LogP contribution in [0.4, 0.5) is 13.2 Å². The molecule has 2 nitrogen and oxygen atoms in total. The van der Waals surface area contributed by atoms with Gasteiger partial charge in [0.1, 0.15) is 0 Å². The number of hydrogen-bond donors (Lipinski definition) is 0. The summed E-state index contributed by atoms with van der Waals surface area (Å²) in [5.74, 6) is -0.150. The first-order valence-corrected chi connectivity index (χ1v) is 9.32. The minimum atomic E-state index is -4.31. The van der Waals surface area contributed by atoms with Crippen LogP contribution in [0, 0.1) is 0 Å². The molecule has 0 spiro atoms. The molecule has 0 saturated carbocycles. The maximum Gasteiger partial charge on any atom is 0.416 e. The summed E-state index contributed by atoms with van der Waals surface area (Å²) in [6.07, 6.45) is 1.12. The van der Waals surface area contributed by atoms with Crippen LogP contribution >= 0.6 is 0 Å². The summed E-state index contributed by atoms with van der Waals surface area (Å²) in [5.41, 5.74) is 2.26. The largest absolute Gasteiger partial charge is 0.466 e. The zero-order valence-electron chi connectivity index (χ0n) is 15.5. The smallest absolute Gasteiger partial charge is 0.416 e. The van der Waals surface area contributed by atoms with Crippen molar-refractivity contribution in [1.82, 2.24) is 0 Å². The first-order valence-electron chi connectivity index (χ1n) is 9.32. The van der Waals surface area contributed by atoms with Gasteiger partial charge in [-0.25, -0.2) is 0 Å². The van der Waals surface area contributed by atoms with Crippen molar-refractivity contribution >= 4 is 5.97 Å². The molecule has 0 saturated heterocycles. The Morgan fingerprint density at radius 3 is 1.96 bits per heavy atom. The zero-order chi connectivity index (χ0) is 19.7. The first-order chi connectivity index (χ1) is 12.9. The van der Waals surface area contributed by atoms with Crippen LogP contribution in [0.3, 0.4) is 0 Å². The fourth-order valence-corrected chi connectivity index (χ4v) is 2.79. The number of carbonyl (C=O) groups excluding carboxylic acids is 1. The van der Waals surface area contributed by atoms with Crippen molar-refractivity contribution in [2.24, 2.45) is 0 Å². The van der Waals surface area contributed by atoms with Gasteiger partial charge in [0.05, 0.1) is 12.2 Å². The summed E-state index contributed by atoms with van der Waals surface area (Å²) in [6.45, 7) is 2.28. The van der Waals surface area contributed by atoms with E-state index in [-0.39, 0.29) is 5.97 Å². The van der Waals surface area contributed by atoms with E-state index >= 15 is 0 Å². The monoisotopic (exact) mass is 378 g/mol. The molecule has 2 aromatic rings. The lowest BCUT2D eigenvalue weighted by Gasteiger charge is -2.08. The molecule has 0 bridgehead atoms. The Kier molecular flexibility index (Phi) is 7.89. The molecule has 146 valence electrons. The Balaban J connectivity index is 1.74. The standard InChI is InChI=1S/C22H25F3O2/c1-2-21(26)27-16-6-4-3-5-7-17-8-10-18(11-9-17)19-12-14-20(15-13-19)22(23,24)25/h8-15H,2-7,16H2,1H3. The van der Waals surface area contributed by atoms with Crippen LogP contribution in [0.25, 0.3) is 11.1 Å². The molecule has 0 aromatic heterocycles. The summed E-state index contributed by atoms with van der Waals surface area (Å²) in [7, 11) is 0. The van der Waals surface area contributed by atoms with Gasteiger partial charge in [-0.3, -0.25) is 4.79 Å². The summed E-state index contributed by atoms with van der Waals surface area (Å²) in [5, 5.41) is 0. The molecular formula is C22H25F3O2. The van der Waals surface area contributed by atoms with Gasteiger partial charge in [0.2, 0.25) is 0 Å². The number of aryl methyl sites for hydroxylation is 1. The van der Waals surface area contributed by atoms with Gasteiger partial charge in [0.15, 0.2) is 0 Å². The number of rotatable bonds is 9. The number of ether oxygens (including phenoxy) is 1. The van der Waals surface area contributed by atoms with Gasteiger partial charge < -0.3 is 4.74 Å². The number of unbranched alkanes of at least 4 members (excludes halogenated alkanes) is 3. The van der Waals surface area contributed by atoms with Crippen molar-refractivity contribution < 1.29 is 22.7 Å². The highest BCUT2D eigenvalue weighted by atomic mass is 19.4. The van der Waals surface area contributed by atoms with Crippen LogP contribution in [-0.2, 0) is 22.1 Å². The van der Waals surface area contributed by atoms with E-state index in [4.69, 9.17) is 4.74 Å². The van der Waals surface area contributed by atoms with E-state index < -0.39 is 11.7 Å². The summed E-state index contributed by atoms with van der Waals surface area (Å²) in [6, 6.07) is 13.2. The molecular weight excluding hydrogens is 353 g/mol. The third-order valence-corrected chi connectivity index (χ3v) is 4.41. The van der Waals surface area contributed by atoms with Crippen LogP contribution in [-0.4, -0.2) is 12.6 Å². The minimum Gasteiger partial charge on any atom is -0.466 e. The molecule has 0 aliphatic carbocycles. The number of hydrogen-bond acceptors (Lipinski definition) is 2. The van der Waals surface area contributed by atoms with Gasteiger partial charge in [-0.2, -0.15) is 13.2 Å². The van der Waals surface area contributed by atoms with Crippen molar-refractivity contribution in [2.75, 3.05) is 6.61 Å². The maximum absolute atomic E-state index is 12.6. The van der Waals surface area contributed by atoms with E-state index in [9.17, 15) is 18.0 Å². The molecule has 27 heavy (non-hydrogen) atoms. The molecule has 0 atom stereocenters. The number of benzene rings is 2. The molecule has 0 aliphatic heterocycles. The van der Waals surface area contributed by atoms with E-state index in [2.05, 4.69) is 0 Å². The fourth-order valence-electron chi connectivity index (χ4n) is 2.79. The molecule has 2 rings (SSSR count). The third-order valence-electron chi connectivity index (χ3n) is 4.41. The molecule has 0 fully saturated rings. The normalized spacial score (nSPS) is 11.4. The number of esters is 1. The van der Waals surface area contributed by atoms with Crippen molar-refractivity contribution in [3.05, 3.63) is 59.7 Å². The second kappa shape index (κ2) is 10.1.